The van der Waals surface area contributed by atoms with Gasteiger partial charge < -0.3 is 14.8 Å². The van der Waals surface area contributed by atoms with E-state index in [1.54, 1.807) is 18.2 Å². The van der Waals surface area contributed by atoms with Gasteiger partial charge in [-0.3, -0.25) is 4.79 Å². The molecule has 1 unspecified atom stereocenters. The number of aromatic hydroxyl groups is 1. The molecule has 20 heavy (non-hydrogen) atoms. The predicted molar refractivity (Wildman–Crippen MR) is 64.7 cm³/mol. The van der Waals surface area contributed by atoms with Crippen LogP contribution in [0.25, 0.3) is 5.69 Å². The van der Waals surface area contributed by atoms with Crippen LogP contribution in [0.4, 0.5) is 13.2 Å². The smallest absolute Gasteiger partial charge is 0.420 e. The molecule has 4 nitrogen and oxygen atoms in total. The molecule has 0 saturated heterocycles. The lowest BCUT2D eigenvalue weighted by Gasteiger charge is -2.20. The van der Waals surface area contributed by atoms with Crippen molar-refractivity contribution in [2.45, 2.75) is 12.3 Å². The van der Waals surface area contributed by atoms with Crippen LogP contribution in [0.1, 0.15) is 11.8 Å². The van der Waals surface area contributed by atoms with Crippen molar-refractivity contribution in [3.8, 4) is 11.4 Å². The molecular formula is C13H10F3NO3. The van der Waals surface area contributed by atoms with E-state index in [4.69, 9.17) is 0 Å². The molecule has 106 valence electrons. The molecule has 0 spiro atoms. The Bertz CT molecular complexity index is 665. The van der Waals surface area contributed by atoms with Crippen LogP contribution in [0, 0.1) is 0 Å². The van der Waals surface area contributed by atoms with E-state index in [2.05, 4.69) is 0 Å². The number of nitrogens with zero attached hydrogens (tertiary/aromatic N) is 1. The van der Waals surface area contributed by atoms with Gasteiger partial charge in [-0.1, -0.05) is 18.2 Å². The molecule has 1 atom stereocenters. The fraction of sp³-hybridized carbons (Fsp3) is 0.154. The number of aromatic nitrogens is 1. The molecule has 0 aliphatic carbocycles. The molecule has 2 aromatic rings. The van der Waals surface area contributed by atoms with Crippen molar-refractivity contribution >= 4 is 0 Å². The topological polar surface area (TPSA) is 62.5 Å². The maximum absolute atomic E-state index is 12.6. The van der Waals surface area contributed by atoms with E-state index in [0.29, 0.717) is 6.07 Å². The molecule has 1 aromatic carbocycles. The number of pyridine rings is 1. The molecule has 1 heterocycles. The average molecular weight is 285 g/mol. The first-order valence-corrected chi connectivity index (χ1v) is 5.56. The summed E-state index contributed by atoms with van der Waals surface area (Å²) in [6, 6.07) is 8.35. The minimum absolute atomic E-state index is 0.279. The molecule has 0 aliphatic heterocycles. The highest BCUT2D eigenvalue weighted by molar-refractivity contribution is 5.37. The lowest BCUT2D eigenvalue weighted by Crippen LogP contribution is -2.25. The van der Waals surface area contributed by atoms with Crippen molar-refractivity contribution in [2.75, 3.05) is 0 Å². The Kier molecular flexibility index (Phi) is 3.54. The summed E-state index contributed by atoms with van der Waals surface area (Å²) < 4.78 is 38.8. The summed E-state index contributed by atoms with van der Waals surface area (Å²) in [5.41, 5.74) is -1.37. The van der Waals surface area contributed by atoms with Crippen LogP contribution in [-0.2, 0) is 0 Å². The van der Waals surface area contributed by atoms with Gasteiger partial charge in [0.25, 0.3) is 0 Å². The zero-order valence-corrected chi connectivity index (χ0v) is 10.0. The molecule has 2 rings (SSSR count). The molecule has 2 N–H and O–H groups in total. The quantitative estimate of drug-likeness (QED) is 0.888. The van der Waals surface area contributed by atoms with E-state index < -0.39 is 29.2 Å². The van der Waals surface area contributed by atoms with Crippen LogP contribution in [0.3, 0.4) is 0 Å². The largest absolute Gasteiger partial charge is 0.503 e. The first-order chi connectivity index (χ1) is 9.30. The van der Waals surface area contributed by atoms with Gasteiger partial charge in [-0.2, -0.15) is 13.2 Å². The predicted octanol–water partition coefficient (Wildman–Crippen LogP) is 2.14. The van der Waals surface area contributed by atoms with Gasteiger partial charge in [0.05, 0.1) is 11.9 Å². The van der Waals surface area contributed by atoms with Gasteiger partial charge in [0.15, 0.2) is 11.9 Å². The van der Waals surface area contributed by atoms with Crippen LogP contribution in [0.15, 0.2) is 47.4 Å². The van der Waals surface area contributed by atoms with Crippen molar-refractivity contribution in [1.29, 1.82) is 0 Å². The summed E-state index contributed by atoms with van der Waals surface area (Å²) in [6.07, 6.45) is -6.89. The summed E-state index contributed by atoms with van der Waals surface area (Å²) in [6.45, 7) is 0. The molecule has 7 heteroatoms. The van der Waals surface area contributed by atoms with Crippen molar-refractivity contribution in [1.82, 2.24) is 4.57 Å². The van der Waals surface area contributed by atoms with Crippen molar-refractivity contribution < 1.29 is 23.4 Å². The first-order valence-electron chi connectivity index (χ1n) is 5.56. The van der Waals surface area contributed by atoms with E-state index in [1.807, 2.05) is 0 Å². The van der Waals surface area contributed by atoms with Gasteiger partial charge in [-0.15, -0.1) is 0 Å². The van der Waals surface area contributed by atoms with Crippen LogP contribution in [0.2, 0.25) is 0 Å². The third-order valence-corrected chi connectivity index (χ3v) is 2.69. The molecule has 0 aliphatic rings. The maximum Gasteiger partial charge on any atom is 0.420 e. The molecule has 0 amide bonds. The number of alkyl halides is 3. The number of halogens is 3. The molecule has 0 fully saturated rings. The van der Waals surface area contributed by atoms with Crippen LogP contribution < -0.4 is 5.43 Å². The number of rotatable bonds is 2. The Hall–Kier alpha value is -2.28. The van der Waals surface area contributed by atoms with Crippen LogP contribution in [-0.4, -0.2) is 21.0 Å². The Morgan fingerprint density at radius 2 is 1.75 bits per heavy atom. The van der Waals surface area contributed by atoms with Gasteiger partial charge in [0.1, 0.15) is 0 Å². The SMILES string of the molecule is O=c1cc(C(O)C(F)(F)F)n(-c2ccccc2)cc1O. The summed E-state index contributed by atoms with van der Waals surface area (Å²) in [5, 5.41) is 18.7. The monoisotopic (exact) mass is 285 g/mol. The molecule has 0 bridgehead atoms. The summed E-state index contributed by atoms with van der Waals surface area (Å²) in [5.74, 6) is -0.702. The van der Waals surface area contributed by atoms with Crippen molar-refractivity contribution in [2.24, 2.45) is 0 Å². The average Bonchev–Trinajstić information content (AvgIpc) is 2.40. The Labute approximate surface area is 111 Å². The van der Waals surface area contributed by atoms with Crippen molar-refractivity contribution in [3.05, 3.63) is 58.5 Å². The van der Waals surface area contributed by atoms with E-state index >= 15 is 0 Å². The van der Waals surface area contributed by atoms with E-state index in [9.17, 15) is 28.2 Å². The van der Waals surface area contributed by atoms with E-state index in [0.717, 1.165) is 10.8 Å². The van der Waals surface area contributed by atoms with Crippen molar-refractivity contribution in [3.63, 3.8) is 0 Å². The third kappa shape index (κ3) is 2.67. The minimum Gasteiger partial charge on any atom is -0.503 e. The zero-order chi connectivity index (χ0) is 14.9. The minimum atomic E-state index is -4.92. The summed E-state index contributed by atoms with van der Waals surface area (Å²) in [4.78, 5) is 11.3. The van der Waals surface area contributed by atoms with E-state index in [-0.39, 0.29) is 5.69 Å². The third-order valence-electron chi connectivity index (χ3n) is 2.69. The molecular weight excluding hydrogens is 275 g/mol. The summed E-state index contributed by atoms with van der Waals surface area (Å²) >= 11 is 0. The molecule has 1 aromatic heterocycles. The fourth-order valence-corrected chi connectivity index (χ4v) is 1.73. The second-order valence-electron chi connectivity index (χ2n) is 4.10. The first kappa shape index (κ1) is 14.1. The second kappa shape index (κ2) is 5.01. The van der Waals surface area contributed by atoms with Gasteiger partial charge in [0, 0.05) is 11.8 Å². The normalized spacial score (nSPS) is 13.2. The van der Waals surface area contributed by atoms with Gasteiger partial charge in [0.2, 0.25) is 5.43 Å². The highest BCUT2D eigenvalue weighted by Gasteiger charge is 2.41. The highest BCUT2D eigenvalue weighted by Crippen LogP contribution is 2.33. The second-order valence-corrected chi connectivity index (χ2v) is 4.10. The number of aliphatic hydroxyl groups is 1. The van der Waals surface area contributed by atoms with E-state index in [1.165, 1.54) is 12.1 Å². The highest BCUT2D eigenvalue weighted by atomic mass is 19.4. The standard InChI is InChI=1S/C13H10F3NO3/c14-13(15,16)12(20)9-6-10(18)11(19)7-17(9)8-4-2-1-3-5-8/h1-7,12,19-20H. The Balaban J connectivity index is 2.67. The lowest BCUT2D eigenvalue weighted by atomic mass is 10.2. The van der Waals surface area contributed by atoms with Gasteiger partial charge >= 0.3 is 6.18 Å². The molecule has 0 saturated carbocycles. The number of benzene rings is 1. The molecule has 0 radical (unpaired) electrons. The number of hydrogen-bond acceptors (Lipinski definition) is 3. The Morgan fingerprint density at radius 1 is 1.15 bits per heavy atom. The lowest BCUT2D eigenvalue weighted by molar-refractivity contribution is -0.208. The van der Waals surface area contributed by atoms with Gasteiger partial charge in [-0.05, 0) is 12.1 Å². The number of hydrogen-bond donors (Lipinski definition) is 2. The Morgan fingerprint density at radius 3 is 2.30 bits per heavy atom. The van der Waals surface area contributed by atoms with Crippen LogP contribution in [0.5, 0.6) is 5.75 Å². The van der Waals surface area contributed by atoms with Gasteiger partial charge in [-0.25, -0.2) is 0 Å². The number of aliphatic hydroxyl groups excluding tert-OH is 1. The maximum atomic E-state index is 12.6. The summed E-state index contributed by atoms with van der Waals surface area (Å²) in [7, 11) is 0. The van der Waals surface area contributed by atoms with Crippen LogP contribution >= 0.6 is 0 Å². The zero-order valence-electron chi connectivity index (χ0n) is 10.0. The fourth-order valence-electron chi connectivity index (χ4n) is 1.73. The number of para-hydroxylation sites is 1.